The van der Waals surface area contributed by atoms with Gasteiger partial charge in [0.2, 0.25) is 10.0 Å². The lowest BCUT2D eigenvalue weighted by Gasteiger charge is -2.14. The van der Waals surface area contributed by atoms with E-state index in [1.807, 2.05) is 0 Å². The monoisotopic (exact) mass is 270 g/mol. The fraction of sp³-hybridized carbons (Fsp3) is 0.417. The molecular formula is C12H18N2O3S. The summed E-state index contributed by atoms with van der Waals surface area (Å²) in [6, 6.07) is 3.11. The van der Waals surface area contributed by atoms with Gasteiger partial charge in [0.25, 0.3) is 5.91 Å². The zero-order valence-electron chi connectivity index (χ0n) is 11.2. The Hall–Kier alpha value is -1.40. The summed E-state index contributed by atoms with van der Waals surface area (Å²) in [5.41, 5.74) is 1.80. The maximum absolute atomic E-state index is 11.9. The maximum Gasteiger partial charge on any atom is 0.253 e. The molecule has 0 unspecified atom stereocenters. The summed E-state index contributed by atoms with van der Waals surface area (Å²) in [4.78, 5) is 13.5. The van der Waals surface area contributed by atoms with Crippen LogP contribution in [0.5, 0.6) is 0 Å². The Bertz CT molecular complexity index is 577. The van der Waals surface area contributed by atoms with Gasteiger partial charge in [0.1, 0.15) is 0 Å². The quantitative estimate of drug-likeness (QED) is 0.888. The predicted molar refractivity (Wildman–Crippen MR) is 70.2 cm³/mol. The van der Waals surface area contributed by atoms with Crippen molar-refractivity contribution in [2.24, 2.45) is 0 Å². The highest BCUT2D eigenvalue weighted by atomic mass is 32.2. The van der Waals surface area contributed by atoms with Crippen LogP contribution in [0.3, 0.4) is 0 Å². The molecule has 100 valence electrons. The van der Waals surface area contributed by atoms with Gasteiger partial charge in [-0.15, -0.1) is 0 Å². The lowest BCUT2D eigenvalue weighted by molar-refractivity contribution is 0.0827. The number of carbonyl (C=O) groups is 1. The van der Waals surface area contributed by atoms with Gasteiger partial charge in [-0.3, -0.25) is 4.79 Å². The van der Waals surface area contributed by atoms with Gasteiger partial charge in [-0.1, -0.05) is 0 Å². The van der Waals surface area contributed by atoms with Crippen LogP contribution in [0.4, 0.5) is 0 Å². The number of carbonyl (C=O) groups excluding carboxylic acids is 1. The fourth-order valence-electron chi connectivity index (χ4n) is 1.60. The normalized spacial score (nSPS) is 11.4. The number of hydrogen-bond donors (Lipinski definition) is 1. The molecule has 0 aliphatic carbocycles. The first-order valence-corrected chi connectivity index (χ1v) is 6.95. The first-order valence-electron chi connectivity index (χ1n) is 5.47. The number of rotatable bonds is 3. The molecule has 18 heavy (non-hydrogen) atoms. The van der Waals surface area contributed by atoms with Gasteiger partial charge in [0.05, 0.1) is 4.90 Å². The van der Waals surface area contributed by atoms with Crippen LogP contribution >= 0.6 is 0 Å². The van der Waals surface area contributed by atoms with E-state index in [2.05, 4.69) is 4.72 Å². The standard InChI is InChI=1S/C12H18N2O3S/c1-8-6-10(12(15)14(4)5)7-11(9(8)2)18(16,17)13-3/h6-7,13H,1-5H3. The molecule has 0 heterocycles. The second-order valence-electron chi connectivity index (χ2n) is 4.32. The summed E-state index contributed by atoms with van der Waals surface area (Å²) in [6.07, 6.45) is 0. The largest absolute Gasteiger partial charge is 0.345 e. The molecule has 0 saturated heterocycles. The van der Waals surface area contributed by atoms with Crippen molar-refractivity contribution in [3.05, 3.63) is 28.8 Å². The van der Waals surface area contributed by atoms with Gasteiger partial charge in [-0.25, -0.2) is 13.1 Å². The zero-order chi connectivity index (χ0) is 14.1. The highest BCUT2D eigenvalue weighted by molar-refractivity contribution is 7.89. The molecule has 1 aromatic carbocycles. The molecular weight excluding hydrogens is 252 g/mol. The summed E-state index contributed by atoms with van der Waals surface area (Å²) in [6.45, 7) is 3.51. The van der Waals surface area contributed by atoms with E-state index in [4.69, 9.17) is 0 Å². The Morgan fingerprint density at radius 1 is 1.22 bits per heavy atom. The lowest BCUT2D eigenvalue weighted by Crippen LogP contribution is -2.24. The molecule has 0 radical (unpaired) electrons. The molecule has 0 saturated carbocycles. The summed E-state index contributed by atoms with van der Waals surface area (Å²) in [7, 11) is 1.06. The van der Waals surface area contributed by atoms with Crippen LogP contribution in [0.1, 0.15) is 21.5 Å². The van der Waals surface area contributed by atoms with Crippen molar-refractivity contribution in [3.63, 3.8) is 0 Å². The van der Waals surface area contributed by atoms with Gasteiger partial charge in [0, 0.05) is 19.7 Å². The molecule has 0 bridgehead atoms. The van der Waals surface area contributed by atoms with Crippen LogP contribution in [0.25, 0.3) is 0 Å². The summed E-state index contributed by atoms with van der Waals surface area (Å²) in [5, 5.41) is 0. The van der Waals surface area contributed by atoms with E-state index in [0.29, 0.717) is 11.1 Å². The molecule has 5 nitrogen and oxygen atoms in total. The van der Waals surface area contributed by atoms with Crippen molar-refractivity contribution in [1.82, 2.24) is 9.62 Å². The number of nitrogens with one attached hydrogen (secondary N) is 1. The van der Waals surface area contributed by atoms with E-state index in [0.717, 1.165) is 5.56 Å². The van der Waals surface area contributed by atoms with Crippen molar-refractivity contribution in [2.45, 2.75) is 18.7 Å². The molecule has 6 heteroatoms. The van der Waals surface area contributed by atoms with Gasteiger partial charge in [-0.2, -0.15) is 0 Å². The Balaban J connectivity index is 3.51. The van der Waals surface area contributed by atoms with Crippen molar-refractivity contribution in [3.8, 4) is 0 Å². The number of hydrogen-bond acceptors (Lipinski definition) is 3. The minimum absolute atomic E-state index is 0.148. The minimum Gasteiger partial charge on any atom is -0.345 e. The Labute approximate surface area is 108 Å². The number of aryl methyl sites for hydroxylation is 1. The molecule has 0 fully saturated rings. The molecule has 0 spiro atoms. The van der Waals surface area contributed by atoms with Crippen molar-refractivity contribution in [1.29, 1.82) is 0 Å². The first-order chi connectivity index (χ1) is 8.20. The average Bonchev–Trinajstić information content (AvgIpc) is 2.31. The molecule has 1 rings (SSSR count). The second kappa shape index (κ2) is 5.07. The first kappa shape index (κ1) is 14.7. The van der Waals surface area contributed by atoms with E-state index in [9.17, 15) is 13.2 Å². The number of sulfonamides is 1. The van der Waals surface area contributed by atoms with Crippen LogP contribution in [-0.4, -0.2) is 40.4 Å². The fourth-order valence-corrected chi connectivity index (χ4v) is 2.66. The highest BCUT2D eigenvalue weighted by Crippen LogP contribution is 2.21. The summed E-state index contributed by atoms with van der Waals surface area (Å²) >= 11 is 0. The third kappa shape index (κ3) is 2.70. The van der Waals surface area contributed by atoms with Gasteiger partial charge >= 0.3 is 0 Å². The lowest BCUT2D eigenvalue weighted by atomic mass is 10.1. The van der Waals surface area contributed by atoms with E-state index < -0.39 is 10.0 Å². The van der Waals surface area contributed by atoms with Crippen molar-refractivity contribution in [2.75, 3.05) is 21.1 Å². The maximum atomic E-state index is 11.9. The smallest absolute Gasteiger partial charge is 0.253 e. The van der Waals surface area contributed by atoms with Crippen molar-refractivity contribution >= 4 is 15.9 Å². The molecule has 1 N–H and O–H groups in total. The average molecular weight is 270 g/mol. The summed E-state index contributed by atoms with van der Waals surface area (Å²) < 4.78 is 26.0. The zero-order valence-corrected chi connectivity index (χ0v) is 12.1. The van der Waals surface area contributed by atoms with Gasteiger partial charge in [0.15, 0.2) is 0 Å². The van der Waals surface area contributed by atoms with Crippen LogP contribution in [0.2, 0.25) is 0 Å². The van der Waals surface area contributed by atoms with E-state index in [1.54, 1.807) is 34.0 Å². The molecule has 0 aliphatic rings. The third-order valence-electron chi connectivity index (χ3n) is 2.83. The van der Waals surface area contributed by atoms with Crippen LogP contribution < -0.4 is 4.72 Å². The Morgan fingerprint density at radius 3 is 2.22 bits per heavy atom. The van der Waals surface area contributed by atoms with E-state index >= 15 is 0 Å². The molecule has 1 amide bonds. The van der Waals surface area contributed by atoms with Crippen LogP contribution in [0, 0.1) is 13.8 Å². The van der Waals surface area contributed by atoms with Crippen molar-refractivity contribution < 1.29 is 13.2 Å². The highest BCUT2D eigenvalue weighted by Gasteiger charge is 2.19. The predicted octanol–water partition coefficient (Wildman–Crippen LogP) is 0.913. The second-order valence-corrected chi connectivity index (χ2v) is 6.18. The molecule has 0 atom stereocenters. The Morgan fingerprint density at radius 2 is 1.78 bits per heavy atom. The van der Waals surface area contributed by atoms with E-state index in [1.165, 1.54) is 18.0 Å². The molecule has 0 aliphatic heterocycles. The molecule has 1 aromatic rings. The number of benzene rings is 1. The minimum atomic E-state index is -3.55. The van der Waals surface area contributed by atoms with Crippen LogP contribution in [-0.2, 0) is 10.0 Å². The third-order valence-corrected chi connectivity index (χ3v) is 4.37. The number of amides is 1. The molecule has 0 aromatic heterocycles. The summed E-state index contributed by atoms with van der Waals surface area (Å²) in [5.74, 6) is -0.217. The van der Waals surface area contributed by atoms with Crippen LogP contribution in [0.15, 0.2) is 17.0 Å². The topological polar surface area (TPSA) is 66.5 Å². The van der Waals surface area contributed by atoms with Gasteiger partial charge < -0.3 is 4.90 Å². The number of nitrogens with zero attached hydrogens (tertiary/aromatic N) is 1. The van der Waals surface area contributed by atoms with Gasteiger partial charge in [-0.05, 0) is 44.2 Å². The Kier molecular flexibility index (Phi) is 4.13. The SMILES string of the molecule is CNS(=O)(=O)c1cc(C(=O)N(C)C)cc(C)c1C. The van der Waals surface area contributed by atoms with E-state index in [-0.39, 0.29) is 10.8 Å².